The Kier molecular flexibility index (Phi) is 7.16. The van der Waals surface area contributed by atoms with Crippen molar-refractivity contribution in [2.24, 2.45) is 0 Å². The highest BCUT2D eigenvalue weighted by Crippen LogP contribution is 2.47. The molecule has 3 aromatic rings. The van der Waals surface area contributed by atoms with E-state index in [1.807, 2.05) is 11.8 Å². The molecular formula is C29H30ClF5N6O3. The van der Waals surface area contributed by atoms with Gasteiger partial charge in [0.15, 0.2) is 5.82 Å². The second-order valence-electron chi connectivity index (χ2n) is 11.8. The molecule has 44 heavy (non-hydrogen) atoms. The second-order valence-corrected chi connectivity index (χ2v) is 12.2. The van der Waals surface area contributed by atoms with E-state index in [2.05, 4.69) is 19.9 Å². The Morgan fingerprint density at radius 3 is 2.82 bits per heavy atom. The van der Waals surface area contributed by atoms with Gasteiger partial charge in [-0.05, 0) is 44.9 Å². The average Bonchev–Trinajstić information content (AvgIpc) is 3.44. The molecule has 0 unspecified atom stereocenters. The minimum atomic E-state index is -4.95. The number of aromatic nitrogens is 3. The summed E-state index contributed by atoms with van der Waals surface area (Å²) in [4.78, 5) is 17.4. The maximum Gasteiger partial charge on any atom is 0.418 e. The highest BCUT2D eigenvalue weighted by Gasteiger charge is 2.49. The predicted octanol–water partition coefficient (Wildman–Crippen LogP) is 5.42. The van der Waals surface area contributed by atoms with Crippen LogP contribution in [0.1, 0.15) is 38.2 Å². The number of fused-ring (bicyclic) bond motifs is 2. The van der Waals surface area contributed by atoms with E-state index in [-0.39, 0.29) is 53.6 Å². The number of nitrogen functional groups attached to an aromatic ring is 1. The summed E-state index contributed by atoms with van der Waals surface area (Å²) in [5.74, 6) is -1.000. The number of nitrogens with zero attached hydrogens (tertiary/aromatic N) is 5. The van der Waals surface area contributed by atoms with Crippen LogP contribution in [-0.4, -0.2) is 83.2 Å². The smallest absolute Gasteiger partial charge is 0.418 e. The molecule has 0 amide bonds. The molecule has 3 saturated heterocycles. The quantitative estimate of drug-likeness (QED) is 0.290. The molecule has 7 rings (SSSR count). The van der Waals surface area contributed by atoms with Crippen LogP contribution < -0.4 is 20.1 Å². The van der Waals surface area contributed by atoms with Crippen LogP contribution in [0.3, 0.4) is 0 Å². The van der Waals surface area contributed by atoms with Gasteiger partial charge in [0.25, 0.3) is 0 Å². The Bertz CT molecular complexity index is 1630. The van der Waals surface area contributed by atoms with Crippen molar-refractivity contribution in [3.8, 4) is 23.1 Å². The highest BCUT2D eigenvalue weighted by molar-refractivity contribution is 6.32. The van der Waals surface area contributed by atoms with Crippen molar-refractivity contribution in [1.29, 1.82) is 0 Å². The number of pyridine rings is 1. The second kappa shape index (κ2) is 10.7. The first-order chi connectivity index (χ1) is 21.0. The summed E-state index contributed by atoms with van der Waals surface area (Å²) in [7, 11) is 0. The monoisotopic (exact) mass is 640 g/mol. The lowest BCUT2D eigenvalue weighted by molar-refractivity contribution is -0.137. The molecule has 0 bridgehead atoms. The van der Waals surface area contributed by atoms with Crippen molar-refractivity contribution < 1.29 is 36.2 Å². The summed E-state index contributed by atoms with van der Waals surface area (Å²) in [6.07, 6.45) is -4.03. The summed E-state index contributed by atoms with van der Waals surface area (Å²) >= 11 is 6.01. The van der Waals surface area contributed by atoms with E-state index < -0.39 is 51.7 Å². The van der Waals surface area contributed by atoms with Crippen molar-refractivity contribution >= 4 is 34.0 Å². The van der Waals surface area contributed by atoms with Crippen LogP contribution in [0.15, 0.2) is 12.1 Å². The Morgan fingerprint density at radius 1 is 1.23 bits per heavy atom. The van der Waals surface area contributed by atoms with Crippen molar-refractivity contribution in [2.45, 2.75) is 62.6 Å². The molecule has 9 nitrogen and oxygen atoms in total. The molecule has 0 aliphatic carbocycles. The van der Waals surface area contributed by atoms with Crippen molar-refractivity contribution in [1.82, 2.24) is 19.9 Å². The zero-order valence-corrected chi connectivity index (χ0v) is 24.5. The fraction of sp³-hybridized carbons (Fsp3) is 0.552. The number of benzene rings is 1. The van der Waals surface area contributed by atoms with Crippen molar-refractivity contribution in [3.05, 3.63) is 28.5 Å². The molecule has 0 radical (unpaired) electrons. The summed E-state index contributed by atoms with van der Waals surface area (Å²) in [6.45, 7) is 4.13. The number of halogens is 6. The number of hydrogen-bond acceptors (Lipinski definition) is 9. The van der Waals surface area contributed by atoms with Gasteiger partial charge in [0, 0.05) is 37.4 Å². The summed E-state index contributed by atoms with van der Waals surface area (Å²) in [5.41, 5.74) is 2.27. The minimum Gasteiger partial charge on any atom is -0.469 e. The largest absolute Gasteiger partial charge is 0.469 e. The van der Waals surface area contributed by atoms with Crippen molar-refractivity contribution in [2.75, 3.05) is 50.1 Å². The number of alkyl halides is 4. The van der Waals surface area contributed by atoms with Crippen LogP contribution in [0.5, 0.6) is 11.9 Å². The summed E-state index contributed by atoms with van der Waals surface area (Å²) in [5, 5.41) is -0.599. The first-order valence-electron chi connectivity index (χ1n) is 14.6. The van der Waals surface area contributed by atoms with Gasteiger partial charge < -0.3 is 24.8 Å². The van der Waals surface area contributed by atoms with Gasteiger partial charge in [0.05, 0.1) is 28.8 Å². The number of likely N-dealkylation sites (N-methyl/N-ethyl adjacent to an activating group) is 1. The van der Waals surface area contributed by atoms with Crippen LogP contribution in [0.25, 0.3) is 22.2 Å². The third kappa shape index (κ3) is 4.76. The van der Waals surface area contributed by atoms with E-state index >= 15 is 4.39 Å². The number of anilines is 2. The molecule has 15 heteroatoms. The molecule has 1 aromatic carbocycles. The van der Waals surface area contributed by atoms with E-state index in [4.69, 9.17) is 31.5 Å². The number of hydrogen-bond donors (Lipinski definition) is 1. The van der Waals surface area contributed by atoms with Gasteiger partial charge in [-0.25, -0.2) is 13.8 Å². The van der Waals surface area contributed by atoms with E-state index in [9.17, 15) is 17.6 Å². The standard InChI is InChI=1S/C29H30ClF5N6O3/c1-2-41-18-4-7-42-12-19(18)44-26-20-24(22(32)23(37-26)16-8-15(36)9-17(30)21(16)29(33,34)35)38-27(39-25(20)41)43-13-28-5-3-6-40(28)11-14(31)10-28/h8-9,14,18-19H,2-7,10-13,36H2,1H3/t14-,18+,19+,28+/m1/s1. The van der Waals surface area contributed by atoms with Crippen LogP contribution in [0, 0.1) is 5.82 Å². The summed E-state index contributed by atoms with van der Waals surface area (Å²) in [6, 6.07) is 1.49. The molecule has 4 atom stereocenters. The van der Waals surface area contributed by atoms with E-state index in [1.165, 1.54) is 0 Å². The van der Waals surface area contributed by atoms with E-state index in [0.29, 0.717) is 32.5 Å². The molecule has 4 aliphatic heterocycles. The van der Waals surface area contributed by atoms with Gasteiger partial charge in [-0.3, -0.25) is 4.90 Å². The normalized spacial score (nSPS) is 26.8. The topological polar surface area (TPSA) is 98.9 Å². The fourth-order valence-electron chi connectivity index (χ4n) is 7.24. The molecule has 4 aliphatic rings. The van der Waals surface area contributed by atoms with Gasteiger partial charge in [-0.15, -0.1) is 0 Å². The molecule has 6 heterocycles. The number of ether oxygens (including phenoxy) is 3. The number of nitrogens with two attached hydrogens (primary N) is 1. The molecule has 3 fully saturated rings. The SMILES string of the molecule is CCN1c2nc(OC[C@@]34CCCN3C[C@H](F)C4)nc3c(F)c(-c4cc(N)cc(Cl)c4C(F)(F)F)nc(c23)O[C@H]2COCC[C@@H]21. The first-order valence-corrected chi connectivity index (χ1v) is 15.0. The van der Waals surface area contributed by atoms with Crippen LogP contribution in [-0.2, 0) is 10.9 Å². The molecule has 2 N–H and O–H groups in total. The molecule has 2 aromatic heterocycles. The summed E-state index contributed by atoms with van der Waals surface area (Å²) < 4.78 is 91.8. The zero-order chi connectivity index (χ0) is 31.0. The Hall–Kier alpha value is -3.23. The fourth-order valence-corrected chi connectivity index (χ4v) is 7.58. The lowest BCUT2D eigenvalue weighted by Crippen LogP contribution is -2.51. The van der Waals surface area contributed by atoms with Gasteiger partial charge in [0.1, 0.15) is 41.3 Å². The molecule has 0 spiro atoms. The minimum absolute atomic E-state index is 0.0797. The maximum absolute atomic E-state index is 16.6. The Labute approximate surface area is 254 Å². The van der Waals surface area contributed by atoms with Crippen LogP contribution >= 0.6 is 11.6 Å². The lowest BCUT2D eigenvalue weighted by atomic mass is 9.95. The zero-order valence-electron chi connectivity index (χ0n) is 23.8. The van der Waals surface area contributed by atoms with Crippen LogP contribution in [0.4, 0.5) is 33.5 Å². The van der Waals surface area contributed by atoms with E-state index in [0.717, 1.165) is 31.5 Å². The molecular weight excluding hydrogens is 611 g/mol. The van der Waals surface area contributed by atoms with Gasteiger partial charge in [-0.1, -0.05) is 11.6 Å². The predicted molar refractivity (Wildman–Crippen MR) is 152 cm³/mol. The third-order valence-electron chi connectivity index (χ3n) is 9.14. The van der Waals surface area contributed by atoms with Crippen LogP contribution in [0.2, 0.25) is 5.02 Å². The highest BCUT2D eigenvalue weighted by atomic mass is 35.5. The van der Waals surface area contributed by atoms with Crippen molar-refractivity contribution in [3.63, 3.8) is 0 Å². The Morgan fingerprint density at radius 2 is 2.05 bits per heavy atom. The average molecular weight is 641 g/mol. The number of rotatable bonds is 5. The third-order valence-corrected chi connectivity index (χ3v) is 9.44. The first kappa shape index (κ1) is 29.5. The van der Waals surface area contributed by atoms with Gasteiger partial charge in [-0.2, -0.15) is 23.1 Å². The van der Waals surface area contributed by atoms with Gasteiger partial charge >= 0.3 is 12.2 Å². The van der Waals surface area contributed by atoms with Gasteiger partial charge in [0.2, 0.25) is 5.88 Å². The Balaban J connectivity index is 1.43. The molecule has 0 saturated carbocycles. The molecule has 236 valence electrons. The maximum atomic E-state index is 16.6. The lowest BCUT2D eigenvalue weighted by Gasteiger charge is -2.37. The van der Waals surface area contributed by atoms with E-state index in [1.54, 1.807) is 0 Å².